The van der Waals surface area contributed by atoms with Gasteiger partial charge in [-0.1, -0.05) is 32.0 Å². The zero-order valence-electron chi connectivity index (χ0n) is 14.2. The monoisotopic (exact) mass is 318 g/mol. The summed E-state index contributed by atoms with van der Waals surface area (Å²) in [5.41, 5.74) is 4.85. The third kappa shape index (κ3) is 2.41. The van der Waals surface area contributed by atoms with Crippen molar-refractivity contribution in [3.8, 4) is 5.69 Å². The number of hydrogen-bond donors (Lipinski definition) is 1. The van der Waals surface area contributed by atoms with Gasteiger partial charge in [-0.3, -0.25) is 4.79 Å². The van der Waals surface area contributed by atoms with E-state index < -0.39 is 0 Å². The Morgan fingerprint density at radius 1 is 1.08 bits per heavy atom. The highest BCUT2D eigenvalue weighted by Crippen LogP contribution is 2.37. The van der Waals surface area contributed by atoms with E-state index in [1.165, 1.54) is 24.1 Å². The van der Waals surface area contributed by atoms with E-state index in [1.807, 2.05) is 30.5 Å². The quantitative estimate of drug-likeness (QED) is 0.718. The zero-order chi connectivity index (χ0) is 16.7. The minimum absolute atomic E-state index is 0.0656. The average Bonchev–Trinajstić information content (AvgIpc) is 2.73. The van der Waals surface area contributed by atoms with Crippen molar-refractivity contribution >= 4 is 16.6 Å². The Balaban J connectivity index is 1.92. The lowest BCUT2D eigenvalue weighted by molar-refractivity contribution is 0.478. The van der Waals surface area contributed by atoms with Crippen LogP contribution in [0.4, 0.5) is 5.69 Å². The second kappa shape index (κ2) is 5.52. The minimum atomic E-state index is 0.0656. The van der Waals surface area contributed by atoms with Gasteiger partial charge in [-0.05, 0) is 48.1 Å². The van der Waals surface area contributed by atoms with Crippen molar-refractivity contribution < 1.29 is 0 Å². The zero-order valence-corrected chi connectivity index (χ0v) is 14.2. The van der Waals surface area contributed by atoms with Gasteiger partial charge in [-0.2, -0.15) is 0 Å². The maximum absolute atomic E-state index is 12.1. The molecule has 24 heavy (non-hydrogen) atoms. The van der Waals surface area contributed by atoms with E-state index in [0.717, 1.165) is 23.1 Å². The fourth-order valence-corrected chi connectivity index (χ4v) is 3.74. The molecule has 0 atom stereocenters. The Morgan fingerprint density at radius 3 is 2.79 bits per heavy atom. The molecule has 3 aromatic rings. The van der Waals surface area contributed by atoms with Gasteiger partial charge in [0.2, 0.25) is 0 Å². The molecule has 0 saturated carbocycles. The number of para-hydroxylation sites is 1. The molecule has 3 heteroatoms. The summed E-state index contributed by atoms with van der Waals surface area (Å²) in [6.07, 6.45) is 4.24. The maximum Gasteiger partial charge on any atom is 0.189 e. The van der Waals surface area contributed by atoms with E-state index in [4.69, 9.17) is 0 Å². The fourth-order valence-electron chi connectivity index (χ4n) is 3.74. The van der Waals surface area contributed by atoms with Gasteiger partial charge in [-0.15, -0.1) is 0 Å². The van der Waals surface area contributed by atoms with Crippen LogP contribution in [0.25, 0.3) is 16.6 Å². The summed E-state index contributed by atoms with van der Waals surface area (Å²) in [6, 6.07) is 16.0. The summed E-state index contributed by atoms with van der Waals surface area (Å²) in [6.45, 7) is 5.63. The van der Waals surface area contributed by atoms with Crippen molar-refractivity contribution in [1.82, 2.24) is 4.57 Å². The molecule has 0 amide bonds. The largest absolute Gasteiger partial charge is 0.385 e. The van der Waals surface area contributed by atoms with Gasteiger partial charge < -0.3 is 9.88 Å². The molecule has 1 aliphatic rings. The lowest BCUT2D eigenvalue weighted by Crippen LogP contribution is -2.16. The highest BCUT2D eigenvalue weighted by molar-refractivity contribution is 5.80. The Bertz CT molecular complexity index is 969. The average molecular weight is 318 g/mol. The predicted molar refractivity (Wildman–Crippen MR) is 100 cm³/mol. The van der Waals surface area contributed by atoms with Gasteiger partial charge in [0.05, 0.1) is 5.52 Å². The van der Waals surface area contributed by atoms with Crippen LogP contribution < -0.4 is 10.7 Å². The highest BCUT2D eigenvalue weighted by Gasteiger charge is 2.25. The molecule has 0 fully saturated rings. The standard InChI is InChI=1S/C21H22N2O/c1-21(2)11-5-12-22-18-14-15(8-9-17(18)21)23-13-10-20(24)16-6-3-4-7-19(16)23/h3-4,6-10,13-14,22H,5,11-12H2,1-2H3. The number of pyridine rings is 1. The van der Waals surface area contributed by atoms with Crippen LogP contribution in [0.2, 0.25) is 0 Å². The van der Waals surface area contributed by atoms with Gasteiger partial charge >= 0.3 is 0 Å². The molecule has 0 radical (unpaired) electrons. The molecule has 1 aromatic heterocycles. The summed E-state index contributed by atoms with van der Waals surface area (Å²) >= 11 is 0. The first-order valence-electron chi connectivity index (χ1n) is 8.55. The van der Waals surface area contributed by atoms with Crippen LogP contribution in [-0.4, -0.2) is 11.1 Å². The maximum atomic E-state index is 12.1. The Kier molecular flexibility index (Phi) is 3.45. The molecule has 3 nitrogen and oxygen atoms in total. The van der Waals surface area contributed by atoms with Crippen LogP contribution in [0.1, 0.15) is 32.3 Å². The lowest BCUT2D eigenvalue weighted by Gasteiger charge is -2.25. The number of aromatic nitrogens is 1. The Hall–Kier alpha value is -2.55. The Labute approximate surface area is 141 Å². The Morgan fingerprint density at radius 2 is 1.92 bits per heavy atom. The van der Waals surface area contributed by atoms with E-state index in [1.54, 1.807) is 6.07 Å². The van der Waals surface area contributed by atoms with Crippen LogP contribution in [0.3, 0.4) is 0 Å². The number of benzene rings is 2. The van der Waals surface area contributed by atoms with Crippen LogP contribution in [-0.2, 0) is 5.41 Å². The van der Waals surface area contributed by atoms with Crippen LogP contribution in [0, 0.1) is 0 Å². The first-order valence-corrected chi connectivity index (χ1v) is 8.55. The number of nitrogens with zero attached hydrogens (tertiary/aromatic N) is 1. The van der Waals surface area contributed by atoms with Crippen molar-refractivity contribution in [3.63, 3.8) is 0 Å². The molecule has 0 aliphatic carbocycles. The van der Waals surface area contributed by atoms with E-state index in [0.29, 0.717) is 0 Å². The van der Waals surface area contributed by atoms with Gasteiger partial charge in [-0.25, -0.2) is 0 Å². The van der Waals surface area contributed by atoms with Gasteiger partial charge in [0.25, 0.3) is 0 Å². The normalized spacial score (nSPS) is 16.2. The molecule has 0 spiro atoms. The van der Waals surface area contributed by atoms with Crippen molar-refractivity contribution in [2.45, 2.75) is 32.1 Å². The topological polar surface area (TPSA) is 34.0 Å². The first-order chi connectivity index (χ1) is 11.6. The fraction of sp³-hybridized carbons (Fsp3) is 0.286. The SMILES string of the molecule is CC1(C)CCCNc2cc(-n3ccc(=O)c4ccccc43)ccc21. The predicted octanol–water partition coefficient (Wildman–Crippen LogP) is 4.47. The lowest BCUT2D eigenvalue weighted by atomic mass is 9.80. The molecule has 0 unspecified atom stereocenters. The van der Waals surface area contributed by atoms with Crippen LogP contribution in [0.5, 0.6) is 0 Å². The third-order valence-electron chi connectivity index (χ3n) is 5.11. The van der Waals surface area contributed by atoms with Crippen molar-refractivity contribution in [2.24, 2.45) is 0 Å². The molecule has 1 N–H and O–H groups in total. The van der Waals surface area contributed by atoms with Gasteiger partial charge in [0.1, 0.15) is 0 Å². The van der Waals surface area contributed by atoms with Crippen molar-refractivity contribution in [3.05, 3.63) is 70.5 Å². The number of hydrogen-bond acceptors (Lipinski definition) is 2. The van der Waals surface area contributed by atoms with Crippen molar-refractivity contribution in [1.29, 1.82) is 0 Å². The summed E-state index contributed by atoms with van der Waals surface area (Å²) in [5.74, 6) is 0. The molecule has 2 heterocycles. The molecule has 0 saturated heterocycles. The smallest absolute Gasteiger partial charge is 0.189 e. The van der Waals surface area contributed by atoms with Crippen LogP contribution in [0.15, 0.2) is 59.5 Å². The molecule has 2 aromatic carbocycles. The summed E-state index contributed by atoms with van der Waals surface area (Å²) < 4.78 is 2.09. The third-order valence-corrected chi connectivity index (χ3v) is 5.11. The molecular weight excluding hydrogens is 296 g/mol. The second-order valence-corrected chi connectivity index (χ2v) is 7.21. The van der Waals surface area contributed by atoms with E-state index in [2.05, 4.69) is 41.9 Å². The molecule has 122 valence electrons. The number of fused-ring (bicyclic) bond motifs is 2. The molecule has 1 aliphatic heterocycles. The van der Waals surface area contributed by atoms with E-state index in [9.17, 15) is 4.79 Å². The van der Waals surface area contributed by atoms with Crippen LogP contribution >= 0.6 is 0 Å². The summed E-state index contributed by atoms with van der Waals surface area (Å²) in [7, 11) is 0. The highest BCUT2D eigenvalue weighted by atomic mass is 16.1. The van der Waals surface area contributed by atoms with Gasteiger partial charge in [0.15, 0.2) is 5.43 Å². The summed E-state index contributed by atoms with van der Waals surface area (Å²) in [5, 5.41) is 4.33. The second-order valence-electron chi connectivity index (χ2n) is 7.21. The summed E-state index contributed by atoms with van der Waals surface area (Å²) in [4.78, 5) is 12.1. The first kappa shape index (κ1) is 15.0. The number of anilines is 1. The molecule has 0 bridgehead atoms. The van der Waals surface area contributed by atoms with E-state index >= 15 is 0 Å². The van der Waals surface area contributed by atoms with Crippen molar-refractivity contribution in [2.75, 3.05) is 11.9 Å². The number of nitrogens with one attached hydrogen (secondary N) is 1. The minimum Gasteiger partial charge on any atom is -0.385 e. The molecule has 4 rings (SSSR count). The number of rotatable bonds is 1. The molecular formula is C21H22N2O. The van der Waals surface area contributed by atoms with E-state index in [-0.39, 0.29) is 10.8 Å². The van der Waals surface area contributed by atoms with Gasteiger partial charge in [0, 0.05) is 35.6 Å².